The van der Waals surface area contributed by atoms with Crippen molar-refractivity contribution in [2.45, 2.75) is 45.4 Å². The first kappa shape index (κ1) is 12.1. The van der Waals surface area contributed by atoms with E-state index in [1.54, 1.807) is 6.92 Å². The molecule has 0 spiro atoms. The van der Waals surface area contributed by atoms with Gasteiger partial charge in [0.1, 0.15) is 5.78 Å². The topological polar surface area (TPSA) is 50.2 Å². The van der Waals surface area contributed by atoms with Gasteiger partial charge in [-0.2, -0.15) is 0 Å². The summed E-state index contributed by atoms with van der Waals surface area (Å²) >= 11 is 0. The normalized spacial score (nSPS) is 9.62. The fourth-order valence-electron chi connectivity index (χ4n) is 1.15. The molecule has 0 aliphatic heterocycles. The second-order valence-electron chi connectivity index (χ2n) is 3.21. The highest BCUT2D eigenvalue weighted by molar-refractivity contribution is 5.75. The van der Waals surface area contributed by atoms with E-state index in [2.05, 4.69) is 0 Å². The number of nitrogens with one attached hydrogen (secondary N) is 1. The molecule has 3 nitrogen and oxygen atoms in total. The highest BCUT2D eigenvalue weighted by atomic mass is 16.5. The Morgan fingerprint density at radius 3 is 2.46 bits per heavy atom. The summed E-state index contributed by atoms with van der Waals surface area (Å²) in [4.78, 5) is 10.6. The van der Waals surface area contributed by atoms with Crippen LogP contribution in [-0.2, 0) is 9.53 Å². The molecule has 0 heterocycles. The lowest BCUT2D eigenvalue weighted by Crippen LogP contribution is -1.92. The Morgan fingerprint density at radius 1 is 1.23 bits per heavy atom. The minimum absolute atomic E-state index is 0.284. The molecule has 0 aliphatic rings. The molecule has 0 radical (unpaired) electrons. The van der Waals surface area contributed by atoms with E-state index in [0.717, 1.165) is 44.9 Å². The van der Waals surface area contributed by atoms with E-state index >= 15 is 0 Å². The van der Waals surface area contributed by atoms with Crippen molar-refractivity contribution in [3.05, 3.63) is 0 Å². The molecule has 0 rings (SSSR count). The maximum absolute atomic E-state index is 10.6. The van der Waals surface area contributed by atoms with Crippen molar-refractivity contribution in [2.75, 3.05) is 6.61 Å². The van der Waals surface area contributed by atoms with E-state index in [1.807, 2.05) is 0 Å². The SMILES string of the molecule is CC(=O)CCCCCCCOC=N. The zero-order chi connectivity index (χ0) is 9.94. The second-order valence-corrected chi connectivity index (χ2v) is 3.21. The highest BCUT2D eigenvalue weighted by Gasteiger charge is 1.93. The van der Waals surface area contributed by atoms with E-state index in [-0.39, 0.29) is 5.78 Å². The van der Waals surface area contributed by atoms with Crippen LogP contribution in [-0.4, -0.2) is 18.8 Å². The number of carbonyl (C=O) groups is 1. The third kappa shape index (κ3) is 11.1. The van der Waals surface area contributed by atoms with Gasteiger partial charge in [0, 0.05) is 6.42 Å². The van der Waals surface area contributed by atoms with Crippen LogP contribution in [0, 0.1) is 5.41 Å². The molecule has 0 aromatic carbocycles. The van der Waals surface area contributed by atoms with Crippen LogP contribution >= 0.6 is 0 Å². The van der Waals surface area contributed by atoms with Crippen LogP contribution in [0.1, 0.15) is 45.4 Å². The standard InChI is InChI=1S/C10H19NO2/c1-10(12)7-5-3-2-4-6-8-13-9-11/h9,11H,2-8H2,1H3. The van der Waals surface area contributed by atoms with Crippen LogP contribution in [0.4, 0.5) is 0 Å². The van der Waals surface area contributed by atoms with Gasteiger partial charge in [0.25, 0.3) is 0 Å². The molecule has 0 saturated heterocycles. The first-order valence-corrected chi connectivity index (χ1v) is 4.87. The number of hydrogen-bond acceptors (Lipinski definition) is 3. The monoisotopic (exact) mass is 185 g/mol. The summed E-state index contributed by atoms with van der Waals surface area (Å²) < 4.78 is 4.77. The Balaban J connectivity index is 2.91. The number of Topliss-reactive ketones (excluding diaryl/α,β-unsaturated/α-hetero) is 1. The van der Waals surface area contributed by atoms with Crippen LogP contribution < -0.4 is 0 Å². The predicted octanol–water partition coefficient (Wildman–Crippen LogP) is 2.54. The zero-order valence-electron chi connectivity index (χ0n) is 8.34. The molecule has 0 aliphatic carbocycles. The first-order chi connectivity index (χ1) is 6.27. The van der Waals surface area contributed by atoms with Gasteiger partial charge in [0.15, 0.2) is 6.40 Å². The summed E-state index contributed by atoms with van der Waals surface area (Å²) in [6.45, 7) is 2.29. The molecule has 0 amide bonds. The first-order valence-electron chi connectivity index (χ1n) is 4.87. The van der Waals surface area contributed by atoms with Gasteiger partial charge in [-0.3, -0.25) is 5.41 Å². The van der Waals surface area contributed by atoms with Gasteiger partial charge in [-0.25, -0.2) is 0 Å². The largest absolute Gasteiger partial charge is 0.484 e. The Bertz CT molecular complexity index is 146. The van der Waals surface area contributed by atoms with Crippen LogP contribution in [0.25, 0.3) is 0 Å². The van der Waals surface area contributed by atoms with Crippen LogP contribution in [0.15, 0.2) is 0 Å². The molecule has 0 aromatic rings. The molecule has 0 aromatic heterocycles. The van der Waals surface area contributed by atoms with Crippen LogP contribution in [0.2, 0.25) is 0 Å². The van der Waals surface area contributed by atoms with Gasteiger partial charge in [-0.1, -0.05) is 19.3 Å². The van der Waals surface area contributed by atoms with Crippen molar-refractivity contribution < 1.29 is 9.53 Å². The molecule has 0 unspecified atom stereocenters. The van der Waals surface area contributed by atoms with Gasteiger partial charge in [0.05, 0.1) is 6.61 Å². The number of rotatable bonds is 9. The third-order valence-electron chi connectivity index (χ3n) is 1.87. The van der Waals surface area contributed by atoms with E-state index in [4.69, 9.17) is 10.1 Å². The summed E-state index contributed by atoms with van der Waals surface area (Å²) in [6.07, 6.45) is 7.15. The minimum Gasteiger partial charge on any atom is -0.484 e. The minimum atomic E-state index is 0.284. The average Bonchev–Trinajstić information content (AvgIpc) is 2.09. The predicted molar refractivity (Wildman–Crippen MR) is 53.1 cm³/mol. The van der Waals surface area contributed by atoms with E-state index in [1.165, 1.54) is 0 Å². The van der Waals surface area contributed by atoms with E-state index in [9.17, 15) is 4.79 Å². The van der Waals surface area contributed by atoms with Gasteiger partial charge >= 0.3 is 0 Å². The molecule has 0 saturated carbocycles. The second kappa shape index (κ2) is 9.23. The zero-order valence-corrected chi connectivity index (χ0v) is 8.34. The van der Waals surface area contributed by atoms with Gasteiger partial charge in [0.2, 0.25) is 0 Å². The van der Waals surface area contributed by atoms with Gasteiger partial charge < -0.3 is 9.53 Å². The summed E-state index contributed by atoms with van der Waals surface area (Å²) in [7, 11) is 0. The van der Waals surface area contributed by atoms with Crippen LogP contribution in [0.5, 0.6) is 0 Å². The van der Waals surface area contributed by atoms with E-state index < -0.39 is 0 Å². The summed E-state index contributed by atoms with van der Waals surface area (Å²) in [5, 5.41) is 6.61. The molecular weight excluding hydrogens is 166 g/mol. The number of ether oxygens (including phenoxy) is 1. The lowest BCUT2D eigenvalue weighted by atomic mass is 10.1. The Morgan fingerprint density at radius 2 is 1.85 bits per heavy atom. The van der Waals surface area contributed by atoms with Gasteiger partial charge in [-0.05, 0) is 19.8 Å². The van der Waals surface area contributed by atoms with Gasteiger partial charge in [-0.15, -0.1) is 0 Å². The number of unbranched alkanes of at least 4 members (excludes halogenated alkanes) is 4. The van der Waals surface area contributed by atoms with Crippen molar-refractivity contribution in [1.29, 1.82) is 5.41 Å². The molecule has 76 valence electrons. The van der Waals surface area contributed by atoms with Crippen molar-refractivity contribution in [1.82, 2.24) is 0 Å². The van der Waals surface area contributed by atoms with Crippen molar-refractivity contribution >= 4 is 12.2 Å². The smallest absolute Gasteiger partial charge is 0.166 e. The van der Waals surface area contributed by atoms with Crippen molar-refractivity contribution in [3.8, 4) is 0 Å². The molecular formula is C10H19NO2. The molecule has 13 heavy (non-hydrogen) atoms. The number of carbonyl (C=O) groups excluding carboxylic acids is 1. The molecule has 0 fully saturated rings. The lowest BCUT2D eigenvalue weighted by molar-refractivity contribution is -0.117. The Labute approximate surface area is 80.0 Å². The summed E-state index contributed by atoms with van der Waals surface area (Å²) in [5.41, 5.74) is 0. The maximum Gasteiger partial charge on any atom is 0.166 e. The Hall–Kier alpha value is -0.860. The fraction of sp³-hybridized carbons (Fsp3) is 0.800. The van der Waals surface area contributed by atoms with Crippen molar-refractivity contribution in [3.63, 3.8) is 0 Å². The highest BCUT2D eigenvalue weighted by Crippen LogP contribution is 2.05. The fourth-order valence-corrected chi connectivity index (χ4v) is 1.15. The quantitative estimate of drug-likeness (QED) is 0.341. The summed E-state index contributed by atoms with van der Waals surface area (Å²) in [5.74, 6) is 0.284. The van der Waals surface area contributed by atoms with E-state index in [0.29, 0.717) is 6.61 Å². The number of ketones is 1. The van der Waals surface area contributed by atoms with Crippen LogP contribution in [0.3, 0.4) is 0 Å². The average molecular weight is 185 g/mol. The number of hydrogen-bond donors (Lipinski definition) is 1. The molecule has 0 bridgehead atoms. The molecule has 1 N–H and O–H groups in total. The maximum atomic E-state index is 10.6. The summed E-state index contributed by atoms with van der Waals surface area (Å²) in [6, 6.07) is 0. The third-order valence-corrected chi connectivity index (χ3v) is 1.87. The molecule has 0 atom stereocenters. The lowest BCUT2D eigenvalue weighted by Gasteiger charge is -2.00. The van der Waals surface area contributed by atoms with Crippen molar-refractivity contribution in [2.24, 2.45) is 0 Å². The Kier molecular flexibility index (Phi) is 8.62. The molecule has 3 heteroatoms.